The first-order chi connectivity index (χ1) is 15.7. The molecule has 1 aromatic heterocycles. The van der Waals surface area contributed by atoms with E-state index in [2.05, 4.69) is 29.5 Å². The Morgan fingerprint density at radius 2 is 1.88 bits per heavy atom. The topological polar surface area (TPSA) is 96.3 Å². The smallest absolute Gasteiger partial charge is 0.273 e. The van der Waals surface area contributed by atoms with Crippen LogP contribution in [0.3, 0.4) is 0 Å². The van der Waals surface area contributed by atoms with Crippen molar-refractivity contribution in [3.8, 4) is 0 Å². The molecule has 8 nitrogen and oxygen atoms in total. The zero-order chi connectivity index (χ0) is 24.2. The van der Waals surface area contributed by atoms with E-state index in [9.17, 15) is 14.4 Å². The van der Waals surface area contributed by atoms with Crippen LogP contribution in [0, 0.1) is 12.8 Å². The molecule has 33 heavy (non-hydrogen) atoms. The maximum Gasteiger partial charge on any atom is 0.273 e. The van der Waals surface area contributed by atoms with E-state index in [4.69, 9.17) is 0 Å². The summed E-state index contributed by atoms with van der Waals surface area (Å²) in [4.78, 5) is 45.4. The third kappa shape index (κ3) is 5.26. The predicted molar refractivity (Wildman–Crippen MR) is 127 cm³/mol. The predicted octanol–water partition coefficient (Wildman–Crippen LogP) is 2.91. The molecular formula is C25H35N5O3. The van der Waals surface area contributed by atoms with Gasteiger partial charge in [0, 0.05) is 19.6 Å². The Morgan fingerprint density at radius 1 is 1.18 bits per heavy atom. The SMILES string of the molecule is CCCN1C(=O)c2c(C(=O)NCCC(C)C)ncn2CC1(C)C(=O)NCc1ccc(C)cc1. The molecule has 0 radical (unpaired) electrons. The molecule has 0 fully saturated rings. The summed E-state index contributed by atoms with van der Waals surface area (Å²) in [7, 11) is 0. The molecule has 8 heteroatoms. The van der Waals surface area contributed by atoms with Gasteiger partial charge in [0.05, 0.1) is 12.9 Å². The number of carbonyl (C=O) groups is 3. The lowest BCUT2D eigenvalue weighted by Crippen LogP contribution is -2.64. The molecule has 0 spiro atoms. The summed E-state index contributed by atoms with van der Waals surface area (Å²) in [6, 6.07) is 7.96. The highest BCUT2D eigenvalue weighted by atomic mass is 16.2. The molecule has 3 amide bonds. The normalized spacial score (nSPS) is 17.8. The van der Waals surface area contributed by atoms with Crippen molar-refractivity contribution in [2.75, 3.05) is 13.1 Å². The number of nitrogens with zero attached hydrogens (tertiary/aromatic N) is 3. The van der Waals surface area contributed by atoms with Crippen LogP contribution < -0.4 is 10.6 Å². The fourth-order valence-electron chi connectivity index (χ4n) is 4.06. The molecule has 2 heterocycles. The van der Waals surface area contributed by atoms with Crippen LogP contribution in [0.5, 0.6) is 0 Å². The Hall–Kier alpha value is -3.16. The Bertz CT molecular complexity index is 1010. The number of amides is 3. The van der Waals surface area contributed by atoms with Crippen molar-refractivity contribution in [3.63, 3.8) is 0 Å². The van der Waals surface area contributed by atoms with Crippen LogP contribution in [0.15, 0.2) is 30.6 Å². The van der Waals surface area contributed by atoms with Crippen molar-refractivity contribution in [2.24, 2.45) is 5.92 Å². The summed E-state index contributed by atoms with van der Waals surface area (Å²) < 4.78 is 1.64. The van der Waals surface area contributed by atoms with Crippen molar-refractivity contribution >= 4 is 17.7 Å². The average molecular weight is 454 g/mol. The van der Waals surface area contributed by atoms with Crippen LogP contribution in [0.25, 0.3) is 0 Å². The number of hydrogen-bond acceptors (Lipinski definition) is 4. The minimum atomic E-state index is -1.09. The Balaban J connectivity index is 1.81. The quantitative estimate of drug-likeness (QED) is 0.610. The first-order valence-corrected chi connectivity index (χ1v) is 11.7. The number of imidazole rings is 1. The number of nitrogens with one attached hydrogen (secondary N) is 2. The highest BCUT2D eigenvalue weighted by molar-refractivity contribution is 6.07. The summed E-state index contributed by atoms with van der Waals surface area (Å²) in [5.41, 5.74) is 1.42. The Morgan fingerprint density at radius 3 is 2.52 bits per heavy atom. The van der Waals surface area contributed by atoms with Crippen LogP contribution in [0.2, 0.25) is 0 Å². The van der Waals surface area contributed by atoms with Gasteiger partial charge in [0.1, 0.15) is 11.2 Å². The van der Waals surface area contributed by atoms with Crippen LogP contribution in [0.1, 0.15) is 72.6 Å². The van der Waals surface area contributed by atoms with E-state index < -0.39 is 5.54 Å². The van der Waals surface area contributed by atoms with Gasteiger partial charge in [-0.3, -0.25) is 14.4 Å². The maximum absolute atomic E-state index is 13.5. The van der Waals surface area contributed by atoms with Crippen LogP contribution in [-0.2, 0) is 17.9 Å². The fourth-order valence-corrected chi connectivity index (χ4v) is 4.06. The molecule has 2 N–H and O–H groups in total. The first kappa shape index (κ1) is 24.5. The highest BCUT2D eigenvalue weighted by Gasteiger charge is 2.48. The number of benzene rings is 1. The van der Waals surface area contributed by atoms with Gasteiger partial charge in [0.15, 0.2) is 5.69 Å². The molecule has 0 saturated heterocycles. The van der Waals surface area contributed by atoms with Gasteiger partial charge in [0.25, 0.3) is 11.8 Å². The second kappa shape index (κ2) is 10.2. The van der Waals surface area contributed by atoms with E-state index in [1.165, 1.54) is 6.33 Å². The number of carbonyl (C=O) groups excluding carboxylic acids is 3. The summed E-state index contributed by atoms with van der Waals surface area (Å²) in [6.07, 6.45) is 3.02. The summed E-state index contributed by atoms with van der Waals surface area (Å²) >= 11 is 0. The van der Waals surface area contributed by atoms with E-state index in [1.807, 2.05) is 38.1 Å². The molecule has 0 aliphatic carbocycles. The van der Waals surface area contributed by atoms with Gasteiger partial charge in [-0.05, 0) is 38.2 Å². The molecule has 0 bridgehead atoms. The molecule has 0 saturated carbocycles. The lowest BCUT2D eigenvalue weighted by Gasteiger charge is -2.43. The fraction of sp³-hybridized carbons (Fsp3) is 0.520. The van der Waals surface area contributed by atoms with Crippen molar-refractivity contribution < 1.29 is 14.4 Å². The molecule has 3 rings (SSSR count). The number of fused-ring (bicyclic) bond motifs is 1. The molecule has 1 aliphatic rings. The molecule has 1 aromatic carbocycles. The zero-order valence-corrected chi connectivity index (χ0v) is 20.3. The minimum Gasteiger partial charge on any atom is -0.351 e. The van der Waals surface area contributed by atoms with Crippen molar-refractivity contribution in [2.45, 2.75) is 66.1 Å². The molecule has 2 aromatic rings. The number of rotatable bonds is 9. The van der Waals surface area contributed by atoms with E-state index in [1.54, 1.807) is 16.4 Å². The van der Waals surface area contributed by atoms with Gasteiger partial charge in [-0.1, -0.05) is 50.6 Å². The standard InChI is InChI=1S/C25H35N5O3/c1-6-13-30-23(32)21-20(22(31)26-12-11-17(2)3)28-16-29(21)15-25(30,5)24(33)27-14-19-9-7-18(4)8-10-19/h7-10,16-17H,6,11-15H2,1-5H3,(H,26,31)(H,27,33). The van der Waals surface area contributed by atoms with E-state index >= 15 is 0 Å². The number of aromatic nitrogens is 2. The Kier molecular flexibility index (Phi) is 7.56. The van der Waals surface area contributed by atoms with Gasteiger partial charge in [0.2, 0.25) is 5.91 Å². The van der Waals surface area contributed by atoms with Crippen molar-refractivity contribution in [1.29, 1.82) is 0 Å². The number of aryl methyl sites for hydroxylation is 1. The zero-order valence-electron chi connectivity index (χ0n) is 20.3. The minimum absolute atomic E-state index is 0.118. The molecular weight excluding hydrogens is 418 g/mol. The third-order valence-electron chi connectivity index (χ3n) is 6.09. The third-order valence-corrected chi connectivity index (χ3v) is 6.09. The Labute approximate surface area is 195 Å². The summed E-state index contributed by atoms with van der Waals surface area (Å²) in [5.74, 6) is -0.474. The van der Waals surface area contributed by atoms with Crippen molar-refractivity contribution in [3.05, 3.63) is 53.1 Å². The second-order valence-electron chi connectivity index (χ2n) is 9.41. The highest BCUT2D eigenvalue weighted by Crippen LogP contribution is 2.29. The average Bonchev–Trinajstić information content (AvgIpc) is 3.19. The van der Waals surface area contributed by atoms with Crippen molar-refractivity contribution in [1.82, 2.24) is 25.1 Å². The monoisotopic (exact) mass is 453 g/mol. The molecule has 178 valence electrons. The van der Waals surface area contributed by atoms with Gasteiger partial charge in [-0.2, -0.15) is 0 Å². The van der Waals surface area contributed by atoms with E-state index in [-0.39, 0.29) is 35.7 Å². The molecule has 1 unspecified atom stereocenters. The largest absolute Gasteiger partial charge is 0.351 e. The van der Waals surface area contributed by atoms with E-state index in [0.717, 1.165) is 17.5 Å². The number of hydrogen-bond donors (Lipinski definition) is 2. The molecule has 1 aliphatic heterocycles. The molecule has 1 atom stereocenters. The van der Waals surface area contributed by atoms with E-state index in [0.29, 0.717) is 32.0 Å². The first-order valence-electron chi connectivity index (χ1n) is 11.7. The van der Waals surface area contributed by atoms with Crippen LogP contribution >= 0.6 is 0 Å². The van der Waals surface area contributed by atoms with Gasteiger partial charge in [-0.25, -0.2) is 4.98 Å². The lowest BCUT2D eigenvalue weighted by molar-refractivity contribution is -0.133. The maximum atomic E-state index is 13.5. The van der Waals surface area contributed by atoms with Gasteiger partial charge >= 0.3 is 0 Å². The summed E-state index contributed by atoms with van der Waals surface area (Å²) in [5, 5.41) is 5.85. The van der Waals surface area contributed by atoms with Gasteiger partial charge < -0.3 is 20.1 Å². The van der Waals surface area contributed by atoms with Gasteiger partial charge in [-0.15, -0.1) is 0 Å². The summed E-state index contributed by atoms with van der Waals surface area (Å²) in [6.45, 7) is 11.5. The lowest BCUT2D eigenvalue weighted by atomic mass is 9.93. The van der Waals surface area contributed by atoms with Crippen LogP contribution in [0.4, 0.5) is 0 Å². The second-order valence-corrected chi connectivity index (χ2v) is 9.41. The van der Waals surface area contributed by atoms with Crippen LogP contribution in [-0.4, -0.2) is 50.8 Å².